The van der Waals surface area contributed by atoms with Crippen LogP contribution in [0.5, 0.6) is 0 Å². The fraction of sp³-hybridized carbons (Fsp3) is 0.750. The summed E-state index contributed by atoms with van der Waals surface area (Å²) in [5, 5.41) is 4.63. The minimum Gasteiger partial charge on any atom is -0.383 e. The second-order valence-corrected chi connectivity index (χ2v) is 5.38. The van der Waals surface area contributed by atoms with Gasteiger partial charge in [0.05, 0.1) is 27.8 Å². The SMILES string of the molecule is CCc1nn(CC)c(CCC(Cl)COC)c1Br. The van der Waals surface area contributed by atoms with Crippen molar-refractivity contribution in [1.29, 1.82) is 0 Å². The van der Waals surface area contributed by atoms with Crippen LogP contribution in [0.2, 0.25) is 0 Å². The van der Waals surface area contributed by atoms with Gasteiger partial charge in [-0.2, -0.15) is 5.10 Å². The molecule has 0 fully saturated rings. The molecule has 1 atom stereocenters. The molecule has 0 spiro atoms. The number of methoxy groups -OCH3 is 1. The van der Waals surface area contributed by atoms with Crippen LogP contribution in [-0.4, -0.2) is 28.9 Å². The van der Waals surface area contributed by atoms with Crippen molar-refractivity contribution in [1.82, 2.24) is 9.78 Å². The molecule has 0 saturated heterocycles. The van der Waals surface area contributed by atoms with E-state index in [1.165, 1.54) is 5.69 Å². The first kappa shape index (κ1) is 15.0. The number of hydrogen-bond acceptors (Lipinski definition) is 2. The summed E-state index contributed by atoms with van der Waals surface area (Å²) in [5.74, 6) is 0. The van der Waals surface area contributed by atoms with E-state index in [-0.39, 0.29) is 5.38 Å². The van der Waals surface area contributed by atoms with Crippen molar-refractivity contribution < 1.29 is 4.74 Å². The molecule has 0 aliphatic carbocycles. The highest BCUT2D eigenvalue weighted by Gasteiger charge is 2.15. The van der Waals surface area contributed by atoms with E-state index in [2.05, 4.69) is 39.6 Å². The topological polar surface area (TPSA) is 27.1 Å². The lowest BCUT2D eigenvalue weighted by atomic mass is 10.1. The van der Waals surface area contributed by atoms with E-state index in [0.29, 0.717) is 6.61 Å². The summed E-state index contributed by atoms with van der Waals surface area (Å²) in [6, 6.07) is 0. The minimum absolute atomic E-state index is 0.0668. The van der Waals surface area contributed by atoms with Gasteiger partial charge in [-0.1, -0.05) is 6.92 Å². The second kappa shape index (κ2) is 7.39. The number of alkyl halides is 1. The molecule has 5 heteroatoms. The summed E-state index contributed by atoms with van der Waals surface area (Å²) < 4.78 is 8.24. The van der Waals surface area contributed by atoms with Gasteiger partial charge in [-0.05, 0) is 42.1 Å². The molecule has 0 N–H and O–H groups in total. The molecule has 1 aromatic heterocycles. The van der Waals surface area contributed by atoms with Crippen LogP contribution >= 0.6 is 27.5 Å². The van der Waals surface area contributed by atoms with E-state index in [9.17, 15) is 0 Å². The van der Waals surface area contributed by atoms with Gasteiger partial charge in [0.25, 0.3) is 0 Å². The number of hydrogen-bond donors (Lipinski definition) is 0. The van der Waals surface area contributed by atoms with Gasteiger partial charge in [0, 0.05) is 13.7 Å². The molecule has 17 heavy (non-hydrogen) atoms. The molecule has 98 valence electrons. The third kappa shape index (κ3) is 3.97. The van der Waals surface area contributed by atoms with Crippen LogP contribution in [0.25, 0.3) is 0 Å². The van der Waals surface area contributed by atoms with Crippen molar-refractivity contribution in [3.8, 4) is 0 Å². The van der Waals surface area contributed by atoms with E-state index < -0.39 is 0 Å². The Morgan fingerprint density at radius 2 is 2.18 bits per heavy atom. The van der Waals surface area contributed by atoms with E-state index in [4.69, 9.17) is 16.3 Å². The van der Waals surface area contributed by atoms with Crippen LogP contribution in [0.15, 0.2) is 4.47 Å². The lowest BCUT2D eigenvalue weighted by Crippen LogP contribution is -2.11. The molecule has 1 heterocycles. The smallest absolute Gasteiger partial charge is 0.0766 e. The maximum absolute atomic E-state index is 6.15. The molecule has 0 aliphatic rings. The second-order valence-electron chi connectivity index (χ2n) is 3.97. The molecular weight excluding hydrogens is 304 g/mol. The molecule has 0 aromatic carbocycles. The third-order valence-electron chi connectivity index (χ3n) is 2.74. The lowest BCUT2D eigenvalue weighted by Gasteiger charge is -2.09. The van der Waals surface area contributed by atoms with E-state index in [1.54, 1.807) is 7.11 Å². The van der Waals surface area contributed by atoms with Gasteiger partial charge in [0.1, 0.15) is 0 Å². The van der Waals surface area contributed by atoms with Crippen molar-refractivity contribution in [3.63, 3.8) is 0 Å². The van der Waals surface area contributed by atoms with Crippen LogP contribution in [0, 0.1) is 0 Å². The zero-order valence-corrected chi connectivity index (χ0v) is 13.0. The summed E-state index contributed by atoms with van der Waals surface area (Å²) in [7, 11) is 1.68. The molecule has 0 amide bonds. The Morgan fingerprint density at radius 1 is 1.47 bits per heavy atom. The summed E-state index contributed by atoms with van der Waals surface area (Å²) in [6.07, 6.45) is 2.78. The minimum atomic E-state index is 0.0668. The van der Waals surface area contributed by atoms with Crippen molar-refractivity contribution >= 4 is 27.5 Å². The molecule has 0 bridgehead atoms. The number of ether oxygens (including phenoxy) is 1. The number of aromatic nitrogens is 2. The zero-order chi connectivity index (χ0) is 12.8. The Hall–Kier alpha value is -0.0600. The average Bonchev–Trinajstić information content (AvgIpc) is 2.63. The van der Waals surface area contributed by atoms with E-state index in [1.807, 2.05) is 0 Å². The lowest BCUT2D eigenvalue weighted by molar-refractivity contribution is 0.195. The van der Waals surface area contributed by atoms with Crippen molar-refractivity contribution in [3.05, 3.63) is 15.9 Å². The summed E-state index contributed by atoms with van der Waals surface area (Å²) in [4.78, 5) is 0. The highest BCUT2D eigenvalue weighted by Crippen LogP contribution is 2.24. The average molecular weight is 324 g/mol. The predicted molar refractivity (Wildman–Crippen MR) is 74.8 cm³/mol. The number of rotatable bonds is 7. The van der Waals surface area contributed by atoms with Crippen molar-refractivity contribution in [2.45, 2.75) is 45.0 Å². The van der Waals surface area contributed by atoms with Crippen LogP contribution in [0.4, 0.5) is 0 Å². The van der Waals surface area contributed by atoms with Gasteiger partial charge >= 0.3 is 0 Å². The fourth-order valence-corrected chi connectivity index (χ4v) is 2.81. The first-order valence-electron chi connectivity index (χ1n) is 6.01. The van der Waals surface area contributed by atoms with Gasteiger partial charge in [0.15, 0.2) is 0 Å². The summed E-state index contributed by atoms with van der Waals surface area (Å²) >= 11 is 9.78. The largest absolute Gasteiger partial charge is 0.383 e. The van der Waals surface area contributed by atoms with Gasteiger partial charge in [0.2, 0.25) is 0 Å². The monoisotopic (exact) mass is 322 g/mol. The summed E-state index contributed by atoms with van der Waals surface area (Å²) in [5.41, 5.74) is 2.37. The Bertz CT molecular complexity index is 355. The standard InChI is InChI=1S/C12H20BrClN2O/c1-4-10-12(13)11(16(5-2)15-10)7-6-9(14)8-17-3/h9H,4-8H2,1-3H3. The Balaban J connectivity index is 2.72. The van der Waals surface area contributed by atoms with Gasteiger partial charge in [-0.3, -0.25) is 4.68 Å². The normalized spacial score (nSPS) is 13.0. The molecule has 1 unspecified atom stereocenters. The molecule has 0 saturated carbocycles. The van der Waals surface area contributed by atoms with E-state index in [0.717, 1.165) is 36.0 Å². The maximum Gasteiger partial charge on any atom is 0.0766 e. The highest BCUT2D eigenvalue weighted by atomic mass is 79.9. The van der Waals surface area contributed by atoms with Crippen molar-refractivity contribution in [2.75, 3.05) is 13.7 Å². The third-order valence-corrected chi connectivity index (χ3v) is 4.00. The fourth-order valence-electron chi connectivity index (χ4n) is 1.81. The molecule has 1 aromatic rings. The van der Waals surface area contributed by atoms with Crippen molar-refractivity contribution in [2.24, 2.45) is 0 Å². The molecule has 1 rings (SSSR count). The molecular formula is C12H20BrClN2O. The maximum atomic E-state index is 6.15. The Kier molecular flexibility index (Phi) is 6.52. The first-order chi connectivity index (χ1) is 8.13. The van der Waals surface area contributed by atoms with Gasteiger partial charge < -0.3 is 4.74 Å². The Morgan fingerprint density at radius 3 is 2.71 bits per heavy atom. The van der Waals surface area contributed by atoms with Crippen LogP contribution in [0.1, 0.15) is 31.7 Å². The number of nitrogens with zero attached hydrogens (tertiary/aromatic N) is 2. The molecule has 3 nitrogen and oxygen atoms in total. The van der Waals surface area contributed by atoms with Gasteiger partial charge in [-0.25, -0.2) is 0 Å². The van der Waals surface area contributed by atoms with E-state index >= 15 is 0 Å². The number of halogens is 2. The van der Waals surface area contributed by atoms with Gasteiger partial charge in [-0.15, -0.1) is 11.6 Å². The highest BCUT2D eigenvalue weighted by molar-refractivity contribution is 9.10. The molecule has 0 aliphatic heterocycles. The quantitative estimate of drug-likeness (QED) is 0.719. The zero-order valence-electron chi connectivity index (χ0n) is 10.7. The van der Waals surface area contributed by atoms with Crippen LogP contribution in [-0.2, 0) is 24.1 Å². The molecule has 0 radical (unpaired) electrons. The summed E-state index contributed by atoms with van der Waals surface area (Å²) in [6.45, 7) is 5.72. The van der Waals surface area contributed by atoms with Crippen LogP contribution in [0.3, 0.4) is 0 Å². The van der Waals surface area contributed by atoms with Crippen LogP contribution < -0.4 is 0 Å². The Labute approximate surface area is 117 Å². The predicted octanol–water partition coefficient (Wildman–Crippen LogP) is 3.41. The first-order valence-corrected chi connectivity index (χ1v) is 7.23. The number of aryl methyl sites for hydroxylation is 2.